The Morgan fingerprint density at radius 1 is 0.315 bits per heavy atom. The zero-order chi connectivity index (χ0) is 35.6. The van der Waals surface area contributed by atoms with Gasteiger partial charge < -0.3 is 8.83 Å². The zero-order valence-electron chi connectivity index (χ0n) is 28.9. The van der Waals surface area contributed by atoms with Gasteiger partial charge in [0.1, 0.15) is 22.3 Å². The molecule has 252 valence electrons. The Kier molecular flexibility index (Phi) is 6.79. The minimum absolute atomic E-state index is 0.570. The summed E-state index contributed by atoms with van der Waals surface area (Å²) in [6, 6.07) is 60.3. The molecule has 0 radical (unpaired) electrons. The predicted molar refractivity (Wildman–Crippen MR) is 219 cm³/mol. The molecule has 5 heteroatoms. The van der Waals surface area contributed by atoms with Gasteiger partial charge in [-0.05, 0) is 51.7 Å². The van der Waals surface area contributed by atoms with Gasteiger partial charge in [0.25, 0.3) is 0 Å². The molecule has 8 aromatic carbocycles. The lowest BCUT2D eigenvalue weighted by Gasteiger charge is -2.11. The predicted octanol–water partition coefficient (Wildman–Crippen LogP) is 13.2. The fourth-order valence-corrected chi connectivity index (χ4v) is 7.76. The quantitative estimate of drug-likeness (QED) is 0.180. The van der Waals surface area contributed by atoms with E-state index in [0.29, 0.717) is 17.5 Å². The number of fused-ring (bicyclic) bond motifs is 7. The van der Waals surface area contributed by atoms with Crippen molar-refractivity contribution in [2.24, 2.45) is 0 Å². The van der Waals surface area contributed by atoms with Crippen LogP contribution in [0.15, 0.2) is 185 Å². The molecule has 3 heterocycles. The maximum atomic E-state index is 6.58. The summed E-state index contributed by atoms with van der Waals surface area (Å²) in [6.45, 7) is 0. The second kappa shape index (κ2) is 12.1. The number of hydrogen-bond acceptors (Lipinski definition) is 5. The normalized spacial score (nSPS) is 11.7. The van der Waals surface area contributed by atoms with Gasteiger partial charge in [0.15, 0.2) is 17.5 Å². The van der Waals surface area contributed by atoms with Crippen LogP contribution >= 0.6 is 0 Å². The highest BCUT2D eigenvalue weighted by Crippen LogP contribution is 2.44. The van der Waals surface area contributed by atoms with Gasteiger partial charge in [-0.1, -0.05) is 152 Å². The van der Waals surface area contributed by atoms with Crippen LogP contribution < -0.4 is 0 Å². The van der Waals surface area contributed by atoms with Crippen LogP contribution in [-0.4, -0.2) is 15.0 Å². The Morgan fingerprint density at radius 3 is 1.70 bits per heavy atom. The molecule has 0 amide bonds. The van der Waals surface area contributed by atoms with Gasteiger partial charge in [0, 0.05) is 43.8 Å². The lowest BCUT2D eigenvalue weighted by atomic mass is 9.95. The van der Waals surface area contributed by atoms with E-state index in [4.69, 9.17) is 23.8 Å². The smallest absolute Gasteiger partial charge is 0.164 e. The number of furan rings is 2. The van der Waals surface area contributed by atoms with E-state index in [-0.39, 0.29) is 0 Å². The monoisotopic (exact) mass is 691 g/mol. The molecule has 0 bridgehead atoms. The van der Waals surface area contributed by atoms with Crippen LogP contribution in [-0.2, 0) is 0 Å². The molecular formula is C49H29N3O2. The first-order valence-electron chi connectivity index (χ1n) is 18.0. The lowest BCUT2D eigenvalue weighted by molar-refractivity contribution is 0.668. The second-order valence-corrected chi connectivity index (χ2v) is 13.6. The first-order valence-corrected chi connectivity index (χ1v) is 18.0. The Morgan fingerprint density at radius 2 is 0.870 bits per heavy atom. The third kappa shape index (κ3) is 4.90. The summed E-state index contributed by atoms with van der Waals surface area (Å²) in [4.78, 5) is 15.5. The highest BCUT2D eigenvalue weighted by molar-refractivity contribution is 6.20. The third-order valence-corrected chi connectivity index (χ3v) is 10.4. The molecular weight excluding hydrogens is 663 g/mol. The summed E-state index contributed by atoms with van der Waals surface area (Å²) < 4.78 is 13.1. The maximum Gasteiger partial charge on any atom is 0.164 e. The van der Waals surface area contributed by atoms with Crippen molar-refractivity contribution in [3.05, 3.63) is 176 Å². The highest BCUT2D eigenvalue weighted by Gasteiger charge is 2.22. The Bertz CT molecular complexity index is 3210. The number of hydrogen-bond donors (Lipinski definition) is 0. The fourth-order valence-electron chi connectivity index (χ4n) is 7.76. The number of aromatic nitrogens is 3. The average Bonchev–Trinajstić information content (AvgIpc) is 3.83. The Labute approximate surface area is 309 Å². The number of para-hydroxylation sites is 2. The first kappa shape index (κ1) is 30.3. The highest BCUT2D eigenvalue weighted by atomic mass is 16.3. The van der Waals surface area contributed by atoms with E-state index in [1.165, 1.54) is 0 Å². The van der Waals surface area contributed by atoms with Gasteiger partial charge in [0.05, 0.1) is 0 Å². The number of nitrogens with zero attached hydrogens (tertiary/aromatic N) is 3. The van der Waals surface area contributed by atoms with Crippen LogP contribution in [0.4, 0.5) is 0 Å². The molecule has 0 aliphatic heterocycles. The second-order valence-electron chi connectivity index (χ2n) is 13.6. The van der Waals surface area contributed by atoms with Crippen LogP contribution in [0, 0.1) is 0 Å². The van der Waals surface area contributed by atoms with Crippen LogP contribution in [0.3, 0.4) is 0 Å². The zero-order valence-corrected chi connectivity index (χ0v) is 28.9. The summed E-state index contributed by atoms with van der Waals surface area (Å²) in [6.07, 6.45) is 0. The summed E-state index contributed by atoms with van der Waals surface area (Å²) in [7, 11) is 0. The van der Waals surface area contributed by atoms with Crippen molar-refractivity contribution in [2.45, 2.75) is 0 Å². The van der Waals surface area contributed by atoms with Crippen molar-refractivity contribution in [2.75, 3.05) is 0 Å². The molecule has 0 spiro atoms. The van der Waals surface area contributed by atoms with E-state index < -0.39 is 0 Å². The SMILES string of the molecule is c1ccc(-c2ccc(-c3nc(-c4ccc5ccccc5c4)nc(-c4cccc5oc6cccc(-c7cccc8c7oc7ccccc78)c6c45)n3)cc2)cc1. The van der Waals surface area contributed by atoms with E-state index in [1.54, 1.807) is 0 Å². The van der Waals surface area contributed by atoms with Crippen molar-refractivity contribution in [1.82, 2.24) is 15.0 Å². The summed E-state index contributed by atoms with van der Waals surface area (Å²) in [5.74, 6) is 1.77. The van der Waals surface area contributed by atoms with Crippen LogP contribution in [0.2, 0.25) is 0 Å². The van der Waals surface area contributed by atoms with Gasteiger partial charge in [-0.2, -0.15) is 0 Å². The summed E-state index contributed by atoms with van der Waals surface area (Å²) in [5.41, 5.74) is 10.2. The molecule has 0 N–H and O–H groups in total. The van der Waals surface area contributed by atoms with E-state index in [0.717, 1.165) is 93.6 Å². The fraction of sp³-hybridized carbons (Fsp3) is 0. The van der Waals surface area contributed by atoms with Crippen molar-refractivity contribution in [1.29, 1.82) is 0 Å². The molecule has 0 unspecified atom stereocenters. The van der Waals surface area contributed by atoms with E-state index in [1.807, 2.05) is 48.5 Å². The van der Waals surface area contributed by atoms with Gasteiger partial charge in [0.2, 0.25) is 0 Å². The van der Waals surface area contributed by atoms with Crippen LogP contribution in [0.5, 0.6) is 0 Å². The molecule has 11 rings (SSSR count). The summed E-state index contributed by atoms with van der Waals surface area (Å²) in [5, 5.41) is 6.38. The van der Waals surface area contributed by atoms with E-state index in [2.05, 4.69) is 127 Å². The lowest BCUT2D eigenvalue weighted by Crippen LogP contribution is -2.00. The molecule has 0 fully saturated rings. The number of rotatable bonds is 5. The van der Waals surface area contributed by atoms with E-state index >= 15 is 0 Å². The average molecular weight is 692 g/mol. The van der Waals surface area contributed by atoms with Crippen molar-refractivity contribution < 1.29 is 8.83 Å². The molecule has 0 saturated carbocycles. The largest absolute Gasteiger partial charge is 0.456 e. The Balaban J connectivity index is 1.15. The summed E-state index contributed by atoms with van der Waals surface area (Å²) >= 11 is 0. The van der Waals surface area contributed by atoms with Gasteiger partial charge in [-0.3, -0.25) is 0 Å². The minimum atomic E-state index is 0.570. The molecule has 0 aliphatic carbocycles. The van der Waals surface area contributed by atoms with Gasteiger partial charge in [-0.25, -0.2) is 15.0 Å². The van der Waals surface area contributed by atoms with Crippen LogP contribution in [0.25, 0.3) is 111 Å². The number of benzene rings is 8. The molecule has 3 aromatic heterocycles. The standard InChI is InChI=1S/C49H29N3O2/c1-2-11-30(12-3-1)32-23-26-33(27-24-32)47-50-48(35-28-25-31-13-4-5-14-34(31)29-35)52-49(51-47)40-19-10-22-43-45(40)44-37(16-9-21-42(44)53-43)39-18-8-17-38-36-15-6-7-20-41(36)54-46(38)39/h1-29H. The minimum Gasteiger partial charge on any atom is -0.456 e. The van der Waals surface area contributed by atoms with Gasteiger partial charge >= 0.3 is 0 Å². The molecule has 5 nitrogen and oxygen atoms in total. The van der Waals surface area contributed by atoms with Crippen LogP contribution in [0.1, 0.15) is 0 Å². The van der Waals surface area contributed by atoms with Crippen molar-refractivity contribution in [3.63, 3.8) is 0 Å². The van der Waals surface area contributed by atoms with Crippen molar-refractivity contribution in [3.8, 4) is 56.4 Å². The van der Waals surface area contributed by atoms with Crippen molar-refractivity contribution >= 4 is 54.6 Å². The Hall–Kier alpha value is -7.37. The maximum absolute atomic E-state index is 6.58. The topological polar surface area (TPSA) is 65.0 Å². The first-order chi connectivity index (χ1) is 26.7. The molecule has 0 saturated heterocycles. The molecule has 11 aromatic rings. The van der Waals surface area contributed by atoms with Gasteiger partial charge in [-0.15, -0.1) is 0 Å². The third-order valence-electron chi connectivity index (χ3n) is 10.4. The molecule has 0 aliphatic rings. The van der Waals surface area contributed by atoms with E-state index in [9.17, 15) is 0 Å². The molecule has 0 atom stereocenters. The molecule has 54 heavy (non-hydrogen) atoms.